The number of pyridine rings is 1. The second kappa shape index (κ2) is 12.6. The summed E-state index contributed by atoms with van der Waals surface area (Å²) in [5, 5.41) is 20.1. The third-order valence-electron chi connectivity index (χ3n) is 6.92. The number of benzene rings is 3. The molecule has 2 heterocycles. The smallest absolute Gasteiger partial charge is 0.245 e. The predicted octanol–water partition coefficient (Wildman–Crippen LogP) is 6.80. The highest BCUT2D eigenvalue weighted by molar-refractivity contribution is 8.00. The van der Waals surface area contributed by atoms with Crippen LogP contribution in [0.15, 0.2) is 75.5 Å². The Morgan fingerprint density at radius 3 is 2.00 bits per heavy atom. The van der Waals surface area contributed by atoms with E-state index in [9.17, 15) is 15.3 Å². The number of rotatable bonds is 8. The molecular weight excluding hydrogens is 583 g/mol. The maximum Gasteiger partial charge on any atom is 0.245 e. The van der Waals surface area contributed by atoms with E-state index in [1.165, 1.54) is 21.3 Å². The SMILES string of the molecule is CCC(Sc1nc(N)c(C#N)c(-c2cc(OC)c(OC)c(OC)c2)c1C#N)C(=O)N1c2ccccc2Sc2ccccc21. The molecule has 9 nitrogen and oxygen atoms in total. The van der Waals surface area contributed by atoms with Crippen molar-refractivity contribution in [3.63, 3.8) is 0 Å². The number of para-hydroxylation sites is 2. The van der Waals surface area contributed by atoms with Crippen molar-refractivity contribution in [2.24, 2.45) is 0 Å². The summed E-state index contributed by atoms with van der Waals surface area (Å²) in [4.78, 5) is 22.4. The number of nitrogen functional groups attached to an aromatic ring is 1. The molecule has 11 heteroatoms. The number of nitrogens with zero attached hydrogens (tertiary/aromatic N) is 4. The van der Waals surface area contributed by atoms with Gasteiger partial charge in [0.15, 0.2) is 11.5 Å². The molecule has 216 valence electrons. The van der Waals surface area contributed by atoms with Gasteiger partial charge in [0.05, 0.1) is 43.5 Å². The average Bonchev–Trinajstić information content (AvgIpc) is 3.04. The van der Waals surface area contributed by atoms with Gasteiger partial charge in [0.2, 0.25) is 11.7 Å². The zero-order valence-corrected chi connectivity index (χ0v) is 25.5. The van der Waals surface area contributed by atoms with Crippen molar-refractivity contribution in [1.29, 1.82) is 10.5 Å². The Bertz CT molecular complexity index is 1740. The fraction of sp³-hybridized carbons (Fsp3) is 0.188. The summed E-state index contributed by atoms with van der Waals surface area (Å²) < 4.78 is 16.5. The minimum absolute atomic E-state index is 0.0328. The summed E-state index contributed by atoms with van der Waals surface area (Å²) >= 11 is 2.77. The van der Waals surface area contributed by atoms with Crippen LogP contribution in [0.25, 0.3) is 11.1 Å². The Morgan fingerprint density at radius 1 is 0.953 bits per heavy atom. The molecule has 0 fully saturated rings. The van der Waals surface area contributed by atoms with Crippen molar-refractivity contribution >= 4 is 46.6 Å². The van der Waals surface area contributed by atoms with Crippen LogP contribution in [0.2, 0.25) is 0 Å². The van der Waals surface area contributed by atoms with Crippen LogP contribution >= 0.6 is 23.5 Å². The first-order chi connectivity index (χ1) is 20.9. The molecule has 1 atom stereocenters. The Labute approximate surface area is 258 Å². The highest BCUT2D eigenvalue weighted by atomic mass is 32.2. The summed E-state index contributed by atoms with van der Waals surface area (Å²) in [6.07, 6.45) is 0.448. The number of hydrogen-bond acceptors (Lipinski definition) is 10. The molecule has 3 aromatic carbocycles. The number of methoxy groups -OCH3 is 3. The van der Waals surface area contributed by atoms with E-state index in [1.807, 2.05) is 55.5 Å². The summed E-state index contributed by atoms with van der Waals surface area (Å²) in [5.74, 6) is 0.835. The molecule has 2 N–H and O–H groups in total. The van der Waals surface area contributed by atoms with Gasteiger partial charge in [-0.25, -0.2) is 4.98 Å². The summed E-state index contributed by atoms with van der Waals surface area (Å²) in [6.45, 7) is 1.91. The van der Waals surface area contributed by atoms with E-state index >= 15 is 0 Å². The Morgan fingerprint density at radius 2 is 1.51 bits per heavy atom. The van der Waals surface area contributed by atoms with E-state index in [1.54, 1.807) is 28.8 Å². The van der Waals surface area contributed by atoms with E-state index in [4.69, 9.17) is 19.9 Å². The standard InChI is InChI=1S/C32H27N5O4S2/c1-5-25(32(38)37-21-10-6-8-12-26(21)42-27-13-9-7-11-22(27)37)43-31-20(17-34)28(19(16-33)30(35)36-31)18-14-23(39-2)29(41-4)24(15-18)40-3/h6-15,25H,5H2,1-4H3,(H2,35,36). The number of nitrogens with two attached hydrogens (primary N) is 1. The number of amides is 1. The first-order valence-corrected chi connectivity index (χ1v) is 14.9. The van der Waals surface area contributed by atoms with Crippen molar-refractivity contribution < 1.29 is 19.0 Å². The zero-order valence-electron chi connectivity index (χ0n) is 23.9. The first-order valence-electron chi connectivity index (χ1n) is 13.2. The second-order valence-electron chi connectivity index (χ2n) is 9.29. The van der Waals surface area contributed by atoms with Crippen molar-refractivity contribution in [3.05, 3.63) is 71.8 Å². The van der Waals surface area contributed by atoms with Crippen LogP contribution in [0.1, 0.15) is 24.5 Å². The van der Waals surface area contributed by atoms with Crippen LogP contribution < -0.4 is 24.8 Å². The number of hydrogen-bond donors (Lipinski definition) is 1. The number of nitriles is 2. The molecule has 0 bridgehead atoms. The van der Waals surface area contributed by atoms with Gasteiger partial charge < -0.3 is 19.9 Å². The minimum atomic E-state index is -0.621. The van der Waals surface area contributed by atoms with Crippen LogP contribution in [0.3, 0.4) is 0 Å². The van der Waals surface area contributed by atoms with Crippen molar-refractivity contribution in [2.75, 3.05) is 32.0 Å². The van der Waals surface area contributed by atoms with Crippen LogP contribution in [-0.2, 0) is 4.79 Å². The maximum absolute atomic E-state index is 14.3. The zero-order chi connectivity index (χ0) is 30.7. The van der Waals surface area contributed by atoms with Gasteiger partial charge in [0, 0.05) is 15.4 Å². The highest BCUT2D eigenvalue weighted by Gasteiger charge is 2.34. The lowest BCUT2D eigenvalue weighted by Crippen LogP contribution is -2.35. The molecule has 0 saturated carbocycles. The summed E-state index contributed by atoms with van der Waals surface area (Å²) in [6, 6.07) is 23.1. The normalized spacial score (nSPS) is 12.3. The van der Waals surface area contributed by atoms with Gasteiger partial charge in [-0.05, 0) is 48.4 Å². The Balaban J connectivity index is 1.63. The number of carbonyl (C=O) groups excluding carboxylic acids is 1. The van der Waals surface area contributed by atoms with Crippen LogP contribution in [0, 0.1) is 22.7 Å². The molecule has 4 aromatic rings. The fourth-order valence-electron chi connectivity index (χ4n) is 4.93. The lowest BCUT2D eigenvalue weighted by molar-refractivity contribution is -0.117. The molecular formula is C32H27N5O4S2. The first kappa shape index (κ1) is 29.6. The molecule has 43 heavy (non-hydrogen) atoms. The number of aromatic nitrogens is 1. The highest BCUT2D eigenvalue weighted by Crippen LogP contribution is 2.49. The van der Waals surface area contributed by atoms with Crippen LogP contribution in [-0.4, -0.2) is 37.5 Å². The quantitative estimate of drug-likeness (QED) is 0.213. The van der Waals surface area contributed by atoms with Gasteiger partial charge in [-0.2, -0.15) is 10.5 Å². The van der Waals surface area contributed by atoms with E-state index in [0.717, 1.165) is 32.9 Å². The molecule has 1 aliphatic rings. The van der Waals surface area contributed by atoms with E-state index in [2.05, 4.69) is 17.1 Å². The minimum Gasteiger partial charge on any atom is -0.493 e. The molecule has 0 aliphatic carbocycles. The molecule has 0 radical (unpaired) electrons. The van der Waals surface area contributed by atoms with Crippen molar-refractivity contribution in [1.82, 2.24) is 4.98 Å². The number of anilines is 3. The number of fused-ring (bicyclic) bond motifs is 2. The fourth-order valence-corrected chi connectivity index (χ4v) is 7.04. The third-order valence-corrected chi connectivity index (χ3v) is 9.39. The van der Waals surface area contributed by atoms with Gasteiger partial charge in [0.25, 0.3) is 0 Å². The number of ether oxygens (including phenoxy) is 3. The van der Waals surface area contributed by atoms with Gasteiger partial charge >= 0.3 is 0 Å². The molecule has 1 aliphatic heterocycles. The van der Waals surface area contributed by atoms with Crippen LogP contribution in [0.5, 0.6) is 17.2 Å². The monoisotopic (exact) mass is 609 g/mol. The van der Waals surface area contributed by atoms with Crippen molar-refractivity contribution in [3.8, 4) is 40.5 Å². The van der Waals surface area contributed by atoms with Gasteiger partial charge in [-0.3, -0.25) is 9.69 Å². The molecule has 0 saturated heterocycles. The number of thioether (sulfide) groups is 1. The molecule has 1 unspecified atom stereocenters. The topological polar surface area (TPSA) is 134 Å². The third kappa shape index (κ3) is 5.29. The largest absolute Gasteiger partial charge is 0.493 e. The van der Waals surface area contributed by atoms with Crippen LogP contribution in [0.4, 0.5) is 17.2 Å². The molecule has 1 aromatic heterocycles. The second-order valence-corrected chi connectivity index (χ2v) is 11.6. The molecule has 0 spiro atoms. The van der Waals surface area contributed by atoms with Gasteiger partial charge in [-0.15, -0.1) is 0 Å². The van der Waals surface area contributed by atoms with Gasteiger partial charge in [0.1, 0.15) is 28.5 Å². The summed E-state index contributed by atoms with van der Waals surface area (Å²) in [5.41, 5.74) is 8.77. The summed E-state index contributed by atoms with van der Waals surface area (Å²) in [7, 11) is 4.44. The van der Waals surface area contributed by atoms with Crippen molar-refractivity contribution in [2.45, 2.75) is 33.4 Å². The predicted molar refractivity (Wildman–Crippen MR) is 167 cm³/mol. The van der Waals surface area contributed by atoms with E-state index in [-0.39, 0.29) is 33.4 Å². The van der Waals surface area contributed by atoms with Gasteiger partial charge in [-0.1, -0.05) is 54.7 Å². The van der Waals surface area contributed by atoms with E-state index in [0.29, 0.717) is 29.2 Å². The molecule has 5 rings (SSSR count). The Kier molecular flexibility index (Phi) is 8.67. The lowest BCUT2D eigenvalue weighted by atomic mass is 9.96. The Hall–Kier alpha value is -4.84. The number of carbonyl (C=O) groups is 1. The average molecular weight is 610 g/mol. The maximum atomic E-state index is 14.3. The molecule has 1 amide bonds. The van der Waals surface area contributed by atoms with E-state index < -0.39 is 5.25 Å². The lowest BCUT2D eigenvalue weighted by Gasteiger charge is -2.33.